The molecule has 2 saturated heterocycles. The minimum Gasteiger partial charge on any atom is -0.496 e. The molecule has 2 aliphatic heterocycles. The summed E-state index contributed by atoms with van der Waals surface area (Å²) < 4.78 is 6.35. The zero-order valence-electron chi connectivity index (χ0n) is 17.1. The molecule has 1 N–H and O–H groups in total. The van der Waals surface area contributed by atoms with Crippen LogP contribution < -0.4 is 19.9 Å². The molecule has 0 unspecified atom stereocenters. The van der Waals surface area contributed by atoms with Crippen LogP contribution >= 0.6 is 15.9 Å². The number of carbonyl (C=O) groups is 3. The fourth-order valence-corrected chi connectivity index (χ4v) is 4.07. The molecular formula is C23H22BrN3O4. The lowest BCUT2D eigenvalue weighted by Gasteiger charge is -2.29. The zero-order chi connectivity index (χ0) is 22.0. The normalized spacial score (nSPS) is 18.4. The summed E-state index contributed by atoms with van der Waals surface area (Å²) in [5.41, 5.74) is 1.87. The topological polar surface area (TPSA) is 79.0 Å². The second-order valence-electron chi connectivity index (χ2n) is 7.41. The highest BCUT2D eigenvalue weighted by molar-refractivity contribution is 9.10. The molecule has 160 valence electrons. The maximum absolute atomic E-state index is 13.1. The Bertz CT molecular complexity index is 1060. The Kier molecular flexibility index (Phi) is 6.08. The van der Waals surface area contributed by atoms with Crippen molar-refractivity contribution in [3.05, 3.63) is 58.1 Å². The van der Waals surface area contributed by atoms with Crippen molar-refractivity contribution in [2.75, 3.05) is 30.0 Å². The molecule has 2 aliphatic rings. The predicted octanol–water partition coefficient (Wildman–Crippen LogP) is 4.11. The first-order valence-electron chi connectivity index (χ1n) is 10.1. The van der Waals surface area contributed by atoms with E-state index in [0.717, 1.165) is 41.0 Å². The van der Waals surface area contributed by atoms with Crippen molar-refractivity contribution in [1.82, 2.24) is 5.32 Å². The molecule has 0 aromatic heterocycles. The van der Waals surface area contributed by atoms with Crippen LogP contribution in [0.2, 0.25) is 0 Å². The van der Waals surface area contributed by atoms with Crippen LogP contribution in [0.25, 0.3) is 6.08 Å². The van der Waals surface area contributed by atoms with Crippen molar-refractivity contribution in [3.8, 4) is 5.75 Å². The number of nitrogens with one attached hydrogen (secondary N) is 1. The van der Waals surface area contributed by atoms with Gasteiger partial charge in [-0.05, 0) is 61.7 Å². The van der Waals surface area contributed by atoms with Crippen LogP contribution in [0.15, 0.2) is 52.5 Å². The lowest BCUT2D eigenvalue weighted by atomic mass is 10.0. The molecule has 0 atom stereocenters. The largest absolute Gasteiger partial charge is 0.496 e. The van der Waals surface area contributed by atoms with Crippen LogP contribution in [0.3, 0.4) is 0 Å². The molecule has 2 fully saturated rings. The second kappa shape index (κ2) is 8.93. The number of imide groups is 2. The minimum absolute atomic E-state index is 0.133. The number of hydrogen-bond acceptors (Lipinski definition) is 5. The molecule has 2 heterocycles. The van der Waals surface area contributed by atoms with Crippen LogP contribution in [-0.2, 0) is 9.59 Å². The van der Waals surface area contributed by atoms with Gasteiger partial charge in [0.25, 0.3) is 11.8 Å². The Morgan fingerprint density at radius 2 is 1.65 bits per heavy atom. The summed E-state index contributed by atoms with van der Waals surface area (Å²) in [6.45, 7) is 1.99. The van der Waals surface area contributed by atoms with Gasteiger partial charge in [0.1, 0.15) is 11.3 Å². The van der Waals surface area contributed by atoms with Crippen LogP contribution in [-0.4, -0.2) is 38.0 Å². The number of urea groups is 1. The minimum atomic E-state index is -0.776. The van der Waals surface area contributed by atoms with Gasteiger partial charge in [0.05, 0.1) is 12.8 Å². The van der Waals surface area contributed by atoms with Gasteiger partial charge in [0, 0.05) is 34.9 Å². The number of methoxy groups -OCH3 is 1. The molecule has 0 spiro atoms. The Morgan fingerprint density at radius 1 is 0.968 bits per heavy atom. The SMILES string of the molecule is COc1cc(N2CCCCC2)ccc1/C=C1\C(=O)NC(=O)N(c2ccc(Br)cc2)C1=O. The molecule has 2 aromatic rings. The third kappa shape index (κ3) is 4.34. The first-order valence-corrected chi connectivity index (χ1v) is 10.9. The van der Waals surface area contributed by atoms with Gasteiger partial charge >= 0.3 is 6.03 Å². The molecule has 0 bridgehead atoms. The molecule has 0 saturated carbocycles. The van der Waals surface area contributed by atoms with E-state index in [9.17, 15) is 14.4 Å². The van der Waals surface area contributed by atoms with E-state index in [1.807, 2.05) is 18.2 Å². The van der Waals surface area contributed by atoms with E-state index >= 15 is 0 Å². The molecular weight excluding hydrogens is 462 g/mol. The highest BCUT2D eigenvalue weighted by Crippen LogP contribution is 2.30. The average molecular weight is 484 g/mol. The first kappa shape index (κ1) is 21.1. The summed E-state index contributed by atoms with van der Waals surface area (Å²) in [6.07, 6.45) is 5.02. The standard InChI is InChI=1S/C23H22BrN3O4/c1-31-20-14-18(26-11-3-2-4-12-26)8-5-15(20)13-19-21(28)25-23(30)27(22(19)29)17-9-6-16(24)7-10-17/h5-10,13-14H,2-4,11-12H2,1H3,(H,25,28,30)/b19-13+. The molecule has 31 heavy (non-hydrogen) atoms. The van der Waals surface area contributed by atoms with E-state index in [1.165, 1.54) is 12.5 Å². The van der Waals surface area contributed by atoms with Crippen molar-refractivity contribution in [2.24, 2.45) is 0 Å². The number of halogens is 1. The number of nitrogens with zero attached hydrogens (tertiary/aromatic N) is 2. The Morgan fingerprint density at radius 3 is 2.32 bits per heavy atom. The van der Waals surface area contributed by atoms with Crippen molar-refractivity contribution in [2.45, 2.75) is 19.3 Å². The summed E-state index contributed by atoms with van der Waals surface area (Å²) in [6, 6.07) is 11.6. The molecule has 4 rings (SSSR count). The van der Waals surface area contributed by atoms with Gasteiger partial charge in [0.2, 0.25) is 0 Å². The van der Waals surface area contributed by atoms with E-state index in [2.05, 4.69) is 26.1 Å². The van der Waals surface area contributed by atoms with Crippen molar-refractivity contribution in [1.29, 1.82) is 0 Å². The van der Waals surface area contributed by atoms with Gasteiger partial charge < -0.3 is 9.64 Å². The van der Waals surface area contributed by atoms with E-state index < -0.39 is 17.8 Å². The van der Waals surface area contributed by atoms with Gasteiger partial charge in [-0.3, -0.25) is 14.9 Å². The first-order chi connectivity index (χ1) is 15.0. The van der Waals surface area contributed by atoms with Gasteiger partial charge in [-0.2, -0.15) is 0 Å². The number of ether oxygens (including phenoxy) is 1. The molecule has 0 aliphatic carbocycles. The number of piperidine rings is 1. The predicted molar refractivity (Wildman–Crippen MR) is 122 cm³/mol. The third-order valence-electron chi connectivity index (χ3n) is 5.42. The average Bonchev–Trinajstić information content (AvgIpc) is 2.78. The summed E-state index contributed by atoms with van der Waals surface area (Å²) in [5.74, 6) is -0.855. The summed E-state index contributed by atoms with van der Waals surface area (Å²) in [4.78, 5) is 41.1. The van der Waals surface area contributed by atoms with Crippen LogP contribution in [0.5, 0.6) is 5.75 Å². The molecule has 2 aromatic carbocycles. The molecule has 7 nitrogen and oxygen atoms in total. The number of carbonyl (C=O) groups excluding carboxylic acids is 3. The molecule has 0 radical (unpaired) electrons. The van der Waals surface area contributed by atoms with Gasteiger partial charge in [-0.1, -0.05) is 15.9 Å². The Labute approximate surface area is 188 Å². The van der Waals surface area contributed by atoms with Crippen molar-refractivity contribution in [3.63, 3.8) is 0 Å². The van der Waals surface area contributed by atoms with Gasteiger partial charge in [0.15, 0.2) is 0 Å². The van der Waals surface area contributed by atoms with Crippen LogP contribution in [0.4, 0.5) is 16.2 Å². The fourth-order valence-electron chi connectivity index (χ4n) is 3.81. The maximum atomic E-state index is 13.1. The van der Waals surface area contributed by atoms with E-state index in [-0.39, 0.29) is 5.57 Å². The van der Waals surface area contributed by atoms with Crippen molar-refractivity contribution < 1.29 is 19.1 Å². The van der Waals surface area contributed by atoms with E-state index in [4.69, 9.17) is 4.74 Å². The smallest absolute Gasteiger partial charge is 0.335 e. The van der Waals surface area contributed by atoms with E-state index in [1.54, 1.807) is 31.4 Å². The fraction of sp³-hybridized carbons (Fsp3) is 0.261. The van der Waals surface area contributed by atoms with Gasteiger partial charge in [-0.25, -0.2) is 9.69 Å². The molecule has 4 amide bonds. The number of barbiturate groups is 1. The number of benzene rings is 2. The monoisotopic (exact) mass is 483 g/mol. The number of rotatable bonds is 4. The maximum Gasteiger partial charge on any atom is 0.335 e. The lowest BCUT2D eigenvalue weighted by Crippen LogP contribution is -2.54. The number of hydrogen-bond donors (Lipinski definition) is 1. The summed E-state index contributed by atoms with van der Waals surface area (Å²) in [5, 5.41) is 2.24. The highest BCUT2D eigenvalue weighted by atomic mass is 79.9. The summed E-state index contributed by atoms with van der Waals surface area (Å²) in [7, 11) is 1.55. The highest BCUT2D eigenvalue weighted by Gasteiger charge is 2.37. The zero-order valence-corrected chi connectivity index (χ0v) is 18.6. The quantitative estimate of drug-likeness (QED) is 0.522. The Hall–Kier alpha value is -3.13. The van der Waals surface area contributed by atoms with Crippen LogP contribution in [0.1, 0.15) is 24.8 Å². The van der Waals surface area contributed by atoms with E-state index in [0.29, 0.717) is 17.0 Å². The second-order valence-corrected chi connectivity index (χ2v) is 8.32. The Balaban J connectivity index is 1.67. The van der Waals surface area contributed by atoms with Crippen LogP contribution in [0, 0.1) is 0 Å². The number of amides is 4. The summed E-state index contributed by atoms with van der Waals surface area (Å²) >= 11 is 3.33. The lowest BCUT2D eigenvalue weighted by molar-refractivity contribution is -0.122. The molecule has 8 heteroatoms. The van der Waals surface area contributed by atoms with Crippen molar-refractivity contribution >= 4 is 51.2 Å². The number of anilines is 2. The third-order valence-corrected chi connectivity index (χ3v) is 5.95. The van der Waals surface area contributed by atoms with Gasteiger partial charge in [-0.15, -0.1) is 0 Å².